The van der Waals surface area contributed by atoms with E-state index >= 15 is 0 Å². The molecule has 2 saturated carbocycles. The smallest absolute Gasteiger partial charge is 0.264 e. The lowest BCUT2D eigenvalue weighted by Gasteiger charge is -2.21. The number of thiophene rings is 1. The van der Waals surface area contributed by atoms with Crippen molar-refractivity contribution >= 4 is 33.2 Å². The van der Waals surface area contributed by atoms with Gasteiger partial charge in [0.25, 0.3) is 5.91 Å². The van der Waals surface area contributed by atoms with E-state index in [0.717, 1.165) is 26.7 Å². The fourth-order valence-corrected chi connectivity index (χ4v) is 3.96. The number of hydrogen-bond donors (Lipinski definition) is 0. The standard InChI is InChI=1S/C18H18BrNOS/c19-14-5-3-13(4-6-14)16-9-10-17(22-16)18(21)20(15-7-8-15)11-12-1-2-12/h3-6,9-10,12,15H,1-2,7-8,11H2. The van der Waals surface area contributed by atoms with E-state index in [1.165, 1.54) is 31.2 Å². The Bertz CT molecular complexity index is 685. The fourth-order valence-electron chi connectivity index (χ4n) is 2.73. The SMILES string of the molecule is O=C(c1ccc(-c2ccc(Br)cc2)s1)N(CC1CC1)C1CC1. The molecule has 22 heavy (non-hydrogen) atoms. The molecule has 0 N–H and O–H groups in total. The Balaban J connectivity index is 1.54. The van der Waals surface area contributed by atoms with Crippen LogP contribution < -0.4 is 0 Å². The van der Waals surface area contributed by atoms with Crippen molar-refractivity contribution in [3.05, 3.63) is 45.7 Å². The van der Waals surface area contributed by atoms with Gasteiger partial charge < -0.3 is 4.90 Å². The quantitative estimate of drug-likeness (QED) is 0.703. The lowest BCUT2D eigenvalue weighted by Crippen LogP contribution is -2.34. The van der Waals surface area contributed by atoms with Gasteiger partial charge in [0.05, 0.1) is 4.88 Å². The molecular weight excluding hydrogens is 358 g/mol. The molecule has 2 aliphatic carbocycles. The monoisotopic (exact) mass is 375 g/mol. The Morgan fingerprint density at radius 3 is 2.45 bits per heavy atom. The summed E-state index contributed by atoms with van der Waals surface area (Å²) in [6, 6.07) is 12.8. The molecule has 4 rings (SSSR count). The van der Waals surface area contributed by atoms with E-state index in [2.05, 4.69) is 39.0 Å². The lowest BCUT2D eigenvalue weighted by molar-refractivity contribution is 0.0739. The highest BCUT2D eigenvalue weighted by Crippen LogP contribution is 2.37. The van der Waals surface area contributed by atoms with Gasteiger partial charge in [-0.1, -0.05) is 28.1 Å². The topological polar surface area (TPSA) is 20.3 Å². The Kier molecular flexibility index (Phi) is 3.82. The third kappa shape index (κ3) is 3.13. The predicted octanol–water partition coefficient (Wildman–Crippen LogP) is 5.19. The number of hydrogen-bond acceptors (Lipinski definition) is 2. The van der Waals surface area contributed by atoms with Gasteiger partial charge in [0, 0.05) is 21.9 Å². The van der Waals surface area contributed by atoms with Gasteiger partial charge in [0.2, 0.25) is 0 Å². The first-order valence-corrected chi connectivity index (χ1v) is 9.48. The van der Waals surface area contributed by atoms with Gasteiger partial charge in [-0.25, -0.2) is 0 Å². The summed E-state index contributed by atoms with van der Waals surface area (Å²) in [7, 11) is 0. The van der Waals surface area contributed by atoms with E-state index in [-0.39, 0.29) is 5.91 Å². The molecule has 0 unspecified atom stereocenters. The summed E-state index contributed by atoms with van der Waals surface area (Å²) in [4.78, 5) is 17.0. The zero-order chi connectivity index (χ0) is 15.1. The van der Waals surface area contributed by atoms with E-state index in [1.54, 1.807) is 11.3 Å². The molecule has 1 aromatic carbocycles. The van der Waals surface area contributed by atoms with Crippen LogP contribution in [0.1, 0.15) is 35.4 Å². The van der Waals surface area contributed by atoms with Crippen LogP contribution in [-0.2, 0) is 0 Å². The number of carbonyl (C=O) groups is 1. The zero-order valence-electron chi connectivity index (χ0n) is 12.3. The summed E-state index contributed by atoms with van der Waals surface area (Å²) in [6.45, 7) is 0.967. The number of carbonyl (C=O) groups excluding carboxylic acids is 1. The van der Waals surface area contributed by atoms with Gasteiger partial charge in [0.15, 0.2) is 0 Å². The van der Waals surface area contributed by atoms with Crippen LogP contribution >= 0.6 is 27.3 Å². The van der Waals surface area contributed by atoms with E-state index in [4.69, 9.17) is 0 Å². The lowest BCUT2D eigenvalue weighted by atomic mass is 10.2. The highest BCUT2D eigenvalue weighted by molar-refractivity contribution is 9.10. The van der Waals surface area contributed by atoms with Crippen LogP contribution in [0.4, 0.5) is 0 Å². The molecule has 2 nitrogen and oxygen atoms in total. The van der Waals surface area contributed by atoms with Gasteiger partial charge in [0.1, 0.15) is 0 Å². The molecule has 0 atom stereocenters. The second-order valence-electron chi connectivity index (χ2n) is 6.30. The Labute approximate surface area is 143 Å². The van der Waals surface area contributed by atoms with Crippen LogP contribution in [0.5, 0.6) is 0 Å². The predicted molar refractivity (Wildman–Crippen MR) is 94.2 cm³/mol. The minimum Gasteiger partial charge on any atom is -0.335 e. The summed E-state index contributed by atoms with van der Waals surface area (Å²) in [5.41, 5.74) is 1.17. The Hall–Kier alpha value is -1.13. The normalized spacial score (nSPS) is 17.5. The van der Waals surface area contributed by atoms with Gasteiger partial charge in [-0.2, -0.15) is 0 Å². The largest absolute Gasteiger partial charge is 0.335 e. The molecule has 0 aliphatic heterocycles. The van der Waals surface area contributed by atoms with Gasteiger partial charge in [-0.05, 0) is 61.4 Å². The molecule has 1 amide bonds. The van der Waals surface area contributed by atoms with Crippen LogP contribution in [0.2, 0.25) is 0 Å². The second kappa shape index (κ2) is 5.82. The molecule has 0 bridgehead atoms. The molecule has 114 valence electrons. The van der Waals surface area contributed by atoms with Crippen molar-refractivity contribution < 1.29 is 4.79 Å². The highest BCUT2D eigenvalue weighted by atomic mass is 79.9. The average molecular weight is 376 g/mol. The Morgan fingerprint density at radius 1 is 1.09 bits per heavy atom. The van der Waals surface area contributed by atoms with Crippen molar-refractivity contribution in [3.63, 3.8) is 0 Å². The minimum atomic E-state index is 0.239. The van der Waals surface area contributed by atoms with E-state index in [1.807, 2.05) is 18.2 Å². The molecule has 0 saturated heterocycles. The fraction of sp³-hybridized carbons (Fsp3) is 0.389. The van der Waals surface area contributed by atoms with Crippen molar-refractivity contribution in [1.29, 1.82) is 0 Å². The van der Waals surface area contributed by atoms with E-state index in [0.29, 0.717) is 6.04 Å². The van der Waals surface area contributed by atoms with Crippen molar-refractivity contribution in [1.82, 2.24) is 4.90 Å². The van der Waals surface area contributed by atoms with Gasteiger partial charge >= 0.3 is 0 Å². The molecule has 2 fully saturated rings. The zero-order valence-corrected chi connectivity index (χ0v) is 14.7. The van der Waals surface area contributed by atoms with Crippen molar-refractivity contribution in [2.45, 2.75) is 31.7 Å². The molecule has 4 heteroatoms. The van der Waals surface area contributed by atoms with E-state index in [9.17, 15) is 4.79 Å². The van der Waals surface area contributed by atoms with Crippen molar-refractivity contribution in [2.24, 2.45) is 5.92 Å². The van der Waals surface area contributed by atoms with E-state index < -0.39 is 0 Å². The second-order valence-corrected chi connectivity index (χ2v) is 8.30. The molecule has 0 radical (unpaired) electrons. The summed E-state index contributed by atoms with van der Waals surface area (Å²) < 4.78 is 1.08. The summed E-state index contributed by atoms with van der Waals surface area (Å²) in [6.07, 6.45) is 4.96. The molecular formula is C18H18BrNOS. The third-order valence-corrected chi connectivity index (χ3v) is 6.00. The third-order valence-electron chi connectivity index (χ3n) is 4.35. The van der Waals surface area contributed by atoms with Crippen LogP contribution in [0.3, 0.4) is 0 Å². The maximum atomic E-state index is 12.8. The maximum absolute atomic E-state index is 12.8. The maximum Gasteiger partial charge on any atom is 0.264 e. The molecule has 1 aromatic heterocycles. The number of amides is 1. The number of nitrogens with zero attached hydrogens (tertiary/aromatic N) is 1. The minimum absolute atomic E-state index is 0.239. The van der Waals surface area contributed by atoms with Crippen LogP contribution in [-0.4, -0.2) is 23.4 Å². The van der Waals surface area contributed by atoms with Gasteiger partial charge in [-0.15, -0.1) is 11.3 Å². The van der Waals surface area contributed by atoms with Gasteiger partial charge in [-0.3, -0.25) is 4.79 Å². The first-order chi connectivity index (χ1) is 10.7. The van der Waals surface area contributed by atoms with Crippen molar-refractivity contribution in [3.8, 4) is 10.4 Å². The number of benzene rings is 1. The summed E-state index contributed by atoms with van der Waals surface area (Å²) in [5, 5.41) is 0. The first kappa shape index (κ1) is 14.5. The molecule has 2 aromatic rings. The average Bonchev–Trinajstić information content (AvgIpc) is 3.44. The van der Waals surface area contributed by atoms with Crippen LogP contribution in [0.25, 0.3) is 10.4 Å². The van der Waals surface area contributed by atoms with Crippen LogP contribution in [0, 0.1) is 5.92 Å². The number of halogens is 1. The first-order valence-electron chi connectivity index (χ1n) is 7.87. The van der Waals surface area contributed by atoms with Crippen LogP contribution in [0.15, 0.2) is 40.9 Å². The molecule has 0 spiro atoms. The Morgan fingerprint density at radius 2 is 1.82 bits per heavy atom. The molecule has 2 aliphatic rings. The number of rotatable bonds is 5. The highest BCUT2D eigenvalue weighted by Gasteiger charge is 2.37. The summed E-state index contributed by atoms with van der Waals surface area (Å²) in [5.74, 6) is 0.998. The van der Waals surface area contributed by atoms with Crippen molar-refractivity contribution in [2.75, 3.05) is 6.54 Å². The molecule has 1 heterocycles. The summed E-state index contributed by atoms with van der Waals surface area (Å²) >= 11 is 5.07.